The Morgan fingerprint density at radius 3 is 2.25 bits per heavy atom. The van der Waals surface area contributed by atoms with Crippen LogP contribution >= 0.6 is 0 Å². The summed E-state index contributed by atoms with van der Waals surface area (Å²) in [5.74, 6) is 0.763. The van der Waals surface area contributed by atoms with E-state index < -0.39 is 24.7 Å². The average Bonchev–Trinajstić information content (AvgIpc) is 2.41. The minimum absolute atomic E-state index is 0.538. The maximum atomic E-state index is 12.0. The average molecular weight is 294 g/mol. The van der Waals surface area contributed by atoms with E-state index in [0.29, 0.717) is 12.5 Å². The molecule has 1 aliphatic carbocycles. The molecule has 0 saturated heterocycles. The van der Waals surface area contributed by atoms with Gasteiger partial charge in [0.1, 0.15) is 6.54 Å². The molecule has 118 valence electrons. The second-order valence-electron chi connectivity index (χ2n) is 5.76. The normalized spacial score (nSPS) is 25.2. The number of nitrogens with one attached hydrogen (secondary N) is 2. The Balaban J connectivity index is 2.19. The highest BCUT2D eigenvalue weighted by atomic mass is 19.4. The number of carbonyl (C=O) groups excluding carboxylic acids is 1. The van der Waals surface area contributed by atoms with Gasteiger partial charge >= 0.3 is 6.18 Å². The van der Waals surface area contributed by atoms with Crippen molar-refractivity contribution in [3.63, 3.8) is 0 Å². The predicted octanol–water partition coefficient (Wildman–Crippen LogP) is 2.86. The smallest absolute Gasteiger partial charge is 0.346 e. The summed E-state index contributed by atoms with van der Waals surface area (Å²) in [4.78, 5) is 11.5. The van der Waals surface area contributed by atoms with Crippen LogP contribution in [-0.2, 0) is 4.79 Å². The molecule has 0 aromatic rings. The number of alkyl halides is 3. The molecule has 0 aromatic carbocycles. The van der Waals surface area contributed by atoms with Gasteiger partial charge in [-0.3, -0.25) is 4.79 Å². The SMILES string of the molecule is CCC1CCC(CNC(C)C(=O)NCC(F)(F)F)CC1. The number of hydrogen-bond acceptors (Lipinski definition) is 2. The standard InChI is InChI=1S/C14H25F3N2O/c1-3-11-4-6-12(7-5-11)8-18-10(2)13(20)19-9-14(15,16)17/h10-12,18H,3-9H2,1-2H3,(H,19,20). The fourth-order valence-corrected chi connectivity index (χ4v) is 2.62. The molecular weight excluding hydrogens is 269 g/mol. The number of hydrogen-bond donors (Lipinski definition) is 2. The Labute approximate surface area is 118 Å². The molecule has 0 aliphatic heterocycles. The van der Waals surface area contributed by atoms with Crippen LogP contribution in [0.25, 0.3) is 0 Å². The van der Waals surface area contributed by atoms with Gasteiger partial charge in [-0.1, -0.05) is 26.2 Å². The second-order valence-corrected chi connectivity index (χ2v) is 5.76. The first-order chi connectivity index (χ1) is 9.31. The molecule has 0 aromatic heterocycles. The van der Waals surface area contributed by atoms with Crippen molar-refractivity contribution in [2.75, 3.05) is 13.1 Å². The number of carbonyl (C=O) groups is 1. The molecule has 1 saturated carbocycles. The molecule has 1 aliphatic rings. The fourth-order valence-electron chi connectivity index (χ4n) is 2.62. The highest BCUT2D eigenvalue weighted by molar-refractivity contribution is 5.81. The molecule has 0 radical (unpaired) electrons. The molecule has 20 heavy (non-hydrogen) atoms. The lowest BCUT2D eigenvalue weighted by molar-refractivity contribution is -0.139. The van der Waals surface area contributed by atoms with Crippen LogP contribution in [-0.4, -0.2) is 31.2 Å². The number of rotatable bonds is 6. The van der Waals surface area contributed by atoms with E-state index in [1.54, 1.807) is 6.92 Å². The van der Waals surface area contributed by atoms with Gasteiger partial charge in [-0.15, -0.1) is 0 Å². The summed E-state index contributed by atoms with van der Waals surface area (Å²) in [5.41, 5.74) is 0. The van der Waals surface area contributed by atoms with Crippen LogP contribution in [0, 0.1) is 11.8 Å². The largest absolute Gasteiger partial charge is 0.405 e. The minimum atomic E-state index is -4.35. The van der Waals surface area contributed by atoms with E-state index in [9.17, 15) is 18.0 Å². The van der Waals surface area contributed by atoms with E-state index in [1.807, 2.05) is 5.32 Å². The molecule has 0 bridgehead atoms. The molecule has 2 N–H and O–H groups in total. The first-order valence-electron chi connectivity index (χ1n) is 7.39. The zero-order valence-electron chi connectivity index (χ0n) is 12.2. The first-order valence-corrected chi connectivity index (χ1v) is 7.39. The maximum Gasteiger partial charge on any atom is 0.405 e. The van der Waals surface area contributed by atoms with Crippen LogP contribution in [0.5, 0.6) is 0 Å². The highest BCUT2D eigenvalue weighted by Crippen LogP contribution is 2.30. The third-order valence-corrected chi connectivity index (χ3v) is 4.11. The van der Waals surface area contributed by atoms with Gasteiger partial charge in [0, 0.05) is 0 Å². The minimum Gasteiger partial charge on any atom is -0.346 e. The van der Waals surface area contributed by atoms with E-state index in [-0.39, 0.29) is 0 Å². The van der Waals surface area contributed by atoms with Crippen molar-refractivity contribution in [3.8, 4) is 0 Å². The van der Waals surface area contributed by atoms with Crippen molar-refractivity contribution in [1.82, 2.24) is 10.6 Å². The lowest BCUT2D eigenvalue weighted by Gasteiger charge is -2.28. The van der Waals surface area contributed by atoms with Gasteiger partial charge in [0.2, 0.25) is 5.91 Å². The topological polar surface area (TPSA) is 41.1 Å². The number of amides is 1. The summed E-state index contributed by atoms with van der Waals surface area (Å²) in [6.45, 7) is 3.25. The van der Waals surface area contributed by atoms with Gasteiger partial charge in [0.15, 0.2) is 0 Å². The summed E-state index contributed by atoms with van der Waals surface area (Å²) in [6, 6.07) is -0.582. The molecule has 1 fully saturated rings. The van der Waals surface area contributed by atoms with E-state index in [1.165, 1.54) is 19.3 Å². The van der Waals surface area contributed by atoms with Crippen molar-refractivity contribution in [1.29, 1.82) is 0 Å². The maximum absolute atomic E-state index is 12.0. The van der Waals surface area contributed by atoms with Crippen molar-refractivity contribution in [3.05, 3.63) is 0 Å². The first kappa shape index (κ1) is 17.3. The summed E-state index contributed by atoms with van der Waals surface area (Å²) in [6.07, 6.45) is 1.59. The van der Waals surface area contributed by atoms with Crippen LogP contribution in [0.15, 0.2) is 0 Å². The third-order valence-electron chi connectivity index (χ3n) is 4.11. The Bertz CT molecular complexity index is 299. The van der Waals surface area contributed by atoms with Crippen molar-refractivity contribution in [2.24, 2.45) is 11.8 Å². The summed E-state index contributed by atoms with van der Waals surface area (Å²) >= 11 is 0. The molecule has 1 unspecified atom stereocenters. The predicted molar refractivity (Wildman–Crippen MR) is 72.3 cm³/mol. The monoisotopic (exact) mass is 294 g/mol. The van der Waals surface area contributed by atoms with Gasteiger partial charge < -0.3 is 10.6 Å². The van der Waals surface area contributed by atoms with E-state index >= 15 is 0 Å². The third kappa shape index (κ3) is 6.59. The fraction of sp³-hybridized carbons (Fsp3) is 0.929. The molecule has 0 spiro atoms. The molecule has 0 heterocycles. The van der Waals surface area contributed by atoms with Crippen molar-refractivity contribution < 1.29 is 18.0 Å². The Kier molecular flexibility index (Phi) is 6.79. The summed E-state index contributed by atoms with van der Waals surface area (Å²) in [5, 5.41) is 4.94. The molecule has 6 heteroatoms. The van der Waals surface area contributed by atoms with Crippen molar-refractivity contribution >= 4 is 5.91 Å². The molecule has 1 rings (SSSR count). The molecule has 1 amide bonds. The zero-order chi connectivity index (χ0) is 15.2. The van der Waals surface area contributed by atoms with Gasteiger partial charge in [0.25, 0.3) is 0 Å². The van der Waals surface area contributed by atoms with Gasteiger partial charge in [0.05, 0.1) is 6.04 Å². The number of halogens is 3. The highest BCUT2D eigenvalue weighted by Gasteiger charge is 2.29. The Morgan fingerprint density at radius 2 is 1.75 bits per heavy atom. The van der Waals surface area contributed by atoms with Crippen LogP contribution in [0.3, 0.4) is 0 Å². The van der Waals surface area contributed by atoms with Gasteiger partial charge in [-0.25, -0.2) is 0 Å². The van der Waals surface area contributed by atoms with Crippen LogP contribution in [0.4, 0.5) is 13.2 Å². The summed E-state index contributed by atoms with van der Waals surface area (Å²) in [7, 11) is 0. The second kappa shape index (κ2) is 7.86. The Hall–Kier alpha value is -0.780. The summed E-state index contributed by atoms with van der Waals surface area (Å²) < 4.78 is 36.0. The van der Waals surface area contributed by atoms with Crippen LogP contribution in [0.2, 0.25) is 0 Å². The lowest BCUT2D eigenvalue weighted by Crippen LogP contribution is -2.46. The van der Waals surface area contributed by atoms with E-state index in [2.05, 4.69) is 12.2 Å². The zero-order valence-corrected chi connectivity index (χ0v) is 12.2. The quantitative estimate of drug-likeness (QED) is 0.791. The Morgan fingerprint density at radius 1 is 1.20 bits per heavy atom. The molecular formula is C14H25F3N2O. The van der Waals surface area contributed by atoms with Crippen molar-refractivity contribution in [2.45, 2.75) is 58.2 Å². The molecule has 3 nitrogen and oxygen atoms in total. The van der Waals surface area contributed by atoms with Crippen LogP contribution < -0.4 is 10.6 Å². The van der Waals surface area contributed by atoms with E-state index in [0.717, 1.165) is 18.8 Å². The van der Waals surface area contributed by atoms with Crippen LogP contribution in [0.1, 0.15) is 46.0 Å². The lowest BCUT2D eigenvalue weighted by atomic mass is 9.81. The molecule has 1 atom stereocenters. The van der Waals surface area contributed by atoms with Gasteiger partial charge in [-0.2, -0.15) is 13.2 Å². The van der Waals surface area contributed by atoms with E-state index in [4.69, 9.17) is 0 Å². The van der Waals surface area contributed by atoms with Gasteiger partial charge in [-0.05, 0) is 38.1 Å².